The molecular formula is C20H23FN2O2S. The fraction of sp³-hybridized carbons (Fsp3) is 0.400. The van der Waals surface area contributed by atoms with Crippen LogP contribution in [0.25, 0.3) is 0 Å². The molecule has 138 valence electrons. The highest BCUT2D eigenvalue weighted by atomic mass is 32.2. The van der Waals surface area contributed by atoms with E-state index >= 15 is 0 Å². The molecule has 2 aliphatic rings. The highest BCUT2D eigenvalue weighted by molar-refractivity contribution is 7.89. The lowest BCUT2D eigenvalue weighted by molar-refractivity contribution is 0.185. The van der Waals surface area contributed by atoms with Crippen molar-refractivity contribution in [1.29, 1.82) is 0 Å². The molecule has 0 aromatic heterocycles. The Morgan fingerprint density at radius 2 is 1.85 bits per heavy atom. The first-order valence-corrected chi connectivity index (χ1v) is 10.5. The van der Waals surface area contributed by atoms with Gasteiger partial charge in [0.05, 0.1) is 4.90 Å². The summed E-state index contributed by atoms with van der Waals surface area (Å²) in [5.41, 5.74) is 3.20. The van der Waals surface area contributed by atoms with Crippen LogP contribution in [0.1, 0.15) is 23.1 Å². The fourth-order valence-electron chi connectivity index (χ4n) is 4.10. The SMILES string of the molecule is Cc1cc(F)ccc1S(=O)(=O)N1CC[C@H](N2CCc3ccccc3C2)C1. The molecule has 0 amide bonds. The third-order valence-corrected chi connectivity index (χ3v) is 7.58. The molecule has 2 aliphatic heterocycles. The smallest absolute Gasteiger partial charge is 0.243 e. The van der Waals surface area contributed by atoms with Crippen molar-refractivity contribution in [1.82, 2.24) is 9.21 Å². The Hall–Kier alpha value is -1.76. The third-order valence-electron chi connectivity index (χ3n) is 5.56. The zero-order chi connectivity index (χ0) is 18.3. The second-order valence-corrected chi connectivity index (χ2v) is 9.11. The molecule has 0 aliphatic carbocycles. The molecule has 4 rings (SSSR count). The van der Waals surface area contributed by atoms with Crippen molar-refractivity contribution in [3.8, 4) is 0 Å². The summed E-state index contributed by atoms with van der Waals surface area (Å²) in [6, 6.07) is 12.6. The molecule has 2 heterocycles. The molecule has 0 bridgehead atoms. The summed E-state index contributed by atoms with van der Waals surface area (Å²) in [5, 5.41) is 0. The zero-order valence-corrected chi connectivity index (χ0v) is 15.7. The molecule has 0 N–H and O–H groups in total. The minimum atomic E-state index is -3.58. The van der Waals surface area contributed by atoms with Crippen molar-refractivity contribution < 1.29 is 12.8 Å². The summed E-state index contributed by atoms with van der Waals surface area (Å²) >= 11 is 0. The van der Waals surface area contributed by atoms with Gasteiger partial charge in [0.1, 0.15) is 5.82 Å². The van der Waals surface area contributed by atoms with Crippen LogP contribution in [0.15, 0.2) is 47.4 Å². The summed E-state index contributed by atoms with van der Waals surface area (Å²) in [6.07, 6.45) is 1.85. The zero-order valence-electron chi connectivity index (χ0n) is 14.9. The van der Waals surface area contributed by atoms with Crippen molar-refractivity contribution in [2.45, 2.75) is 37.2 Å². The molecule has 2 aromatic rings. The number of hydrogen-bond donors (Lipinski definition) is 0. The molecule has 1 saturated heterocycles. The number of hydrogen-bond acceptors (Lipinski definition) is 3. The van der Waals surface area contributed by atoms with Crippen LogP contribution < -0.4 is 0 Å². The van der Waals surface area contributed by atoms with E-state index in [0.29, 0.717) is 18.7 Å². The lowest BCUT2D eigenvalue weighted by atomic mass is 9.98. The Kier molecular flexibility index (Phi) is 4.59. The van der Waals surface area contributed by atoms with Crippen molar-refractivity contribution in [3.05, 3.63) is 65.0 Å². The second kappa shape index (κ2) is 6.76. The Balaban J connectivity index is 1.50. The molecule has 0 unspecified atom stereocenters. The monoisotopic (exact) mass is 374 g/mol. The average Bonchev–Trinajstić information content (AvgIpc) is 3.12. The van der Waals surface area contributed by atoms with Crippen molar-refractivity contribution in [3.63, 3.8) is 0 Å². The molecule has 0 saturated carbocycles. The van der Waals surface area contributed by atoms with E-state index in [2.05, 4.69) is 29.2 Å². The number of aryl methyl sites for hydroxylation is 1. The number of nitrogens with zero attached hydrogens (tertiary/aromatic N) is 2. The van der Waals surface area contributed by atoms with Crippen molar-refractivity contribution >= 4 is 10.0 Å². The van der Waals surface area contributed by atoms with E-state index in [9.17, 15) is 12.8 Å². The molecule has 1 atom stereocenters. The summed E-state index contributed by atoms with van der Waals surface area (Å²) < 4.78 is 40.8. The molecule has 26 heavy (non-hydrogen) atoms. The third kappa shape index (κ3) is 3.17. The lowest BCUT2D eigenvalue weighted by Gasteiger charge is -2.33. The summed E-state index contributed by atoms with van der Waals surface area (Å²) in [6.45, 7) is 4.50. The van der Waals surface area contributed by atoms with Crippen LogP contribution in [0.4, 0.5) is 4.39 Å². The standard InChI is InChI=1S/C20H23FN2O2S/c1-15-12-18(21)6-7-20(15)26(24,25)23-11-9-19(14-23)22-10-8-16-4-2-3-5-17(16)13-22/h2-7,12,19H,8-11,13-14H2,1H3/t19-/m0/s1. The maximum absolute atomic E-state index is 13.3. The van der Waals surface area contributed by atoms with Gasteiger partial charge >= 0.3 is 0 Å². The largest absolute Gasteiger partial charge is 0.294 e. The van der Waals surface area contributed by atoms with Crippen LogP contribution in [-0.4, -0.2) is 43.3 Å². The highest BCUT2D eigenvalue weighted by Gasteiger charge is 2.36. The van der Waals surface area contributed by atoms with Gasteiger partial charge in [0.2, 0.25) is 10.0 Å². The van der Waals surface area contributed by atoms with E-state index in [0.717, 1.165) is 25.9 Å². The molecule has 6 heteroatoms. The van der Waals surface area contributed by atoms with Gasteiger partial charge in [0.15, 0.2) is 0 Å². The van der Waals surface area contributed by atoms with Crippen LogP contribution in [0.5, 0.6) is 0 Å². The topological polar surface area (TPSA) is 40.6 Å². The fourth-order valence-corrected chi connectivity index (χ4v) is 5.80. The maximum atomic E-state index is 13.3. The molecule has 0 spiro atoms. The van der Waals surface area contributed by atoms with Crippen molar-refractivity contribution in [2.75, 3.05) is 19.6 Å². The Morgan fingerprint density at radius 3 is 2.62 bits per heavy atom. The van der Waals surface area contributed by atoms with E-state index in [-0.39, 0.29) is 10.9 Å². The molecule has 1 fully saturated rings. The predicted molar refractivity (Wildman–Crippen MR) is 98.9 cm³/mol. The number of fused-ring (bicyclic) bond motifs is 1. The van der Waals surface area contributed by atoms with Crippen LogP contribution in [0, 0.1) is 12.7 Å². The maximum Gasteiger partial charge on any atom is 0.243 e. The predicted octanol–water partition coefficient (Wildman–Crippen LogP) is 2.96. The van der Waals surface area contributed by atoms with E-state index < -0.39 is 15.8 Å². The minimum absolute atomic E-state index is 0.212. The van der Waals surface area contributed by atoms with Gasteiger partial charge in [0, 0.05) is 32.2 Å². The highest BCUT2D eigenvalue weighted by Crippen LogP contribution is 2.28. The first-order chi connectivity index (χ1) is 12.4. The van der Waals surface area contributed by atoms with Gasteiger partial charge in [-0.1, -0.05) is 24.3 Å². The van der Waals surface area contributed by atoms with E-state index in [4.69, 9.17) is 0 Å². The summed E-state index contributed by atoms with van der Waals surface area (Å²) in [5.74, 6) is -0.410. The number of sulfonamides is 1. The normalized spacial score (nSPS) is 21.7. The first-order valence-electron chi connectivity index (χ1n) is 9.02. The average molecular weight is 374 g/mol. The first kappa shape index (κ1) is 17.6. The summed E-state index contributed by atoms with van der Waals surface area (Å²) in [7, 11) is -3.58. The minimum Gasteiger partial charge on any atom is -0.294 e. The lowest BCUT2D eigenvalue weighted by Crippen LogP contribution is -2.41. The van der Waals surface area contributed by atoms with E-state index in [1.807, 2.05) is 0 Å². The van der Waals surface area contributed by atoms with Crippen LogP contribution in [0.2, 0.25) is 0 Å². The molecule has 2 aromatic carbocycles. The Labute approximate surface area is 154 Å². The molecular weight excluding hydrogens is 351 g/mol. The van der Waals surface area contributed by atoms with Gasteiger partial charge in [-0.15, -0.1) is 0 Å². The van der Waals surface area contributed by atoms with Gasteiger partial charge in [-0.3, -0.25) is 4.90 Å². The Morgan fingerprint density at radius 1 is 1.08 bits per heavy atom. The second-order valence-electron chi connectivity index (χ2n) is 7.20. The van der Waals surface area contributed by atoms with E-state index in [1.165, 1.54) is 29.3 Å². The molecule has 0 radical (unpaired) electrons. The number of rotatable bonds is 3. The van der Waals surface area contributed by atoms with Crippen LogP contribution in [0.3, 0.4) is 0 Å². The quantitative estimate of drug-likeness (QED) is 0.829. The number of benzene rings is 2. The number of halogens is 1. The van der Waals surface area contributed by atoms with Gasteiger partial charge in [-0.25, -0.2) is 12.8 Å². The van der Waals surface area contributed by atoms with E-state index in [1.54, 1.807) is 11.2 Å². The summed E-state index contributed by atoms with van der Waals surface area (Å²) in [4.78, 5) is 2.61. The Bertz CT molecular complexity index is 929. The van der Waals surface area contributed by atoms with Crippen molar-refractivity contribution in [2.24, 2.45) is 0 Å². The molecule has 4 nitrogen and oxygen atoms in total. The van der Waals surface area contributed by atoms with Gasteiger partial charge in [-0.2, -0.15) is 4.31 Å². The van der Waals surface area contributed by atoms with Crippen LogP contribution >= 0.6 is 0 Å². The van der Waals surface area contributed by atoms with Gasteiger partial charge in [0.25, 0.3) is 0 Å². The van der Waals surface area contributed by atoms with Crippen LogP contribution in [-0.2, 0) is 23.0 Å². The van der Waals surface area contributed by atoms with Gasteiger partial charge in [-0.05, 0) is 54.7 Å². The van der Waals surface area contributed by atoms with Gasteiger partial charge < -0.3 is 0 Å².